The SMILES string of the molecule is O=Cc1c(Cl)sc(Cl)c1Cl. The van der Waals surface area contributed by atoms with Gasteiger partial charge in [0, 0.05) is 0 Å². The molecule has 1 heterocycles. The lowest BCUT2D eigenvalue weighted by Gasteiger charge is -1.82. The zero-order valence-corrected chi connectivity index (χ0v) is 7.61. The third-order valence-corrected chi connectivity index (χ3v) is 3.16. The molecule has 0 unspecified atom stereocenters. The van der Waals surface area contributed by atoms with Crippen LogP contribution in [-0.2, 0) is 0 Å². The summed E-state index contributed by atoms with van der Waals surface area (Å²) in [5, 5.41) is 0.242. The van der Waals surface area contributed by atoms with Gasteiger partial charge in [-0.15, -0.1) is 11.3 Å². The molecule has 1 aromatic rings. The van der Waals surface area contributed by atoms with Gasteiger partial charge in [-0.1, -0.05) is 34.8 Å². The van der Waals surface area contributed by atoms with Crippen molar-refractivity contribution in [2.75, 3.05) is 0 Å². The fraction of sp³-hybridized carbons (Fsp3) is 0. The molecule has 54 valence electrons. The Hall–Kier alpha value is 0.240. The van der Waals surface area contributed by atoms with Crippen molar-refractivity contribution in [1.82, 2.24) is 0 Å². The van der Waals surface area contributed by atoms with Crippen molar-refractivity contribution < 1.29 is 4.79 Å². The highest BCUT2D eigenvalue weighted by Crippen LogP contribution is 2.38. The fourth-order valence-corrected chi connectivity index (χ4v) is 2.27. The van der Waals surface area contributed by atoms with Crippen molar-refractivity contribution >= 4 is 52.4 Å². The molecule has 0 amide bonds. The molecule has 0 aliphatic rings. The third kappa shape index (κ3) is 1.30. The number of carbonyl (C=O) groups is 1. The van der Waals surface area contributed by atoms with Gasteiger partial charge in [-0.25, -0.2) is 0 Å². The number of aldehydes is 1. The molecule has 0 atom stereocenters. The Bertz CT molecular complexity index is 268. The summed E-state index contributed by atoms with van der Waals surface area (Å²) in [5.74, 6) is 0. The number of carbonyl (C=O) groups excluding carboxylic acids is 1. The highest BCUT2D eigenvalue weighted by Gasteiger charge is 2.12. The predicted octanol–water partition coefficient (Wildman–Crippen LogP) is 3.52. The number of rotatable bonds is 1. The highest BCUT2D eigenvalue weighted by atomic mass is 35.5. The van der Waals surface area contributed by atoms with Crippen LogP contribution in [0.3, 0.4) is 0 Å². The van der Waals surface area contributed by atoms with Gasteiger partial charge in [0.2, 0.25) is 0 Å². The number of halogens is 3. The van der Waals surface area contributed by atoms with Gasteiger partial charge in [0.15, 0.2) is 6.29 Å². The van der Waals surface area contributed by atoms with E-state index in [0.717, 1.165) is 11.3 Å². The first-order valence-electron chi connectivity index (χ1n) is 2.25. The summed E-state index contributed by atoms with van der Waals surface area (Å²) in [4.78, 5) is 10.2. The zero-order valence-electron chi connectivity index (χ0n) is 4.53. The van der Waals surface area contributed by atoms with Crippen LogP contribution in [0.4, 0.5) is 0 Å². The van der Waals surface area contributed by atoms with Gasteiger partial charge in [0.05, 0.1) is 10.6 Å². The largest absolute Gasteiger partial charge is 0.298 e. The zero-order chi connectivity index (χ0) is 7.72. The van der Waals surface area contributed by atoms with Crippen molar-refractivity contribution in [2.45, 2.75) is 0 Å². The number of hydrogen-bond acceptors (Lipinski definition) is 2. The summed E-state index contributed by atoms with van der Waals surface area (Å²) in [5.41, 5.74) is 0.276. The second-order valence-electron chi connectivity index (χ2n) is 1.49. The van der Waals surface area contributed by atoms with Gasteiger partial charge in [-0.2, -0.15) is 0 Å². The first-order valence-corrected chi connectivity index (χ1v) is 4.20. The molecular weight excluding hydrogens is 214 g/mol. The van der Waals surface area contributed by atoms with Crippen LogP contribution in [0.25, 0.3) is 0 Å². The smallest absolute Gasteiger partial charge is 0.153 e. The molecule has 0 N–H and O–H groups in total. The topological polar surface area (TPSA) is 17.1 Å². The minimum Gasteiger partial charge on any atom is -0.298 e. The molecule has 0 aliphatic carbocycles. The molecule has 0 spiro atoms. The van der Waals surface area contributed by atoms with E-state index in [1.165, 1.54) is 0 Å². The van der Waals surface area contributed by atoms with Gasteiger partial charge in [-0.3, -0.25) is 4.79 Å². The molecule has 0 aromatic carbocycles. The predicted molar refractivity (Wildman–Crippen MR) is 44.7 cm³/mol. The lowest BCUT2D eigenvalue weighted by atomic mass is 10.4. The lowest BCUT2D eigenvalue weighted by Crippen LogP contribution is -1.73. The molecule has 0 saturated heterocycles. The molecule has 1 nitrogen and oxygen atoms in total. The molecule has 1 aromatic heterocycles. The second kappa shape index (κ2) is 3.09. The van der Waals surface area contributed by atoms with E-state index in [1.807, 2.05) is 0 Å². The van der Waals surface area contributed by atoms with Crippen LogP contribution in [0.1, 0.15) is 10.4 Å². The van der Waals surface area contributed by atoms with E-state index in [-0.39, 0.29) is 10.6 Å². The van der Waals surface area contributed by atoms with Gasteiger partial charge in [0.1, 0.15) is 8.67 Å². The molecule has 5 heteroatoms. The Kier molecular flexibility index (Phi) is 2.58. The minimum atomic E-state index is 0.242. The second-order valence-corrected chi connectivity index (χ2v) is 4.10. The number of thiophene rings is 1. The Balaban J connectivity index is 3.33. The van der Waals surface area contributed by atoms with Crippen LogP contribution in [0.5, 0.6) is 0 Å². The monoisotopic (exact) mass is 214 g/mol. The van der Waals surface area contributed by atoms with Crippen molar-refractivity contribution in [3.63, 3.8) is 0 Å². The summed E-state index contributed by atoms with van der Waals surface area (Å²) in [6, 6.07) is 0. The molecule has 10 heavy (non-hydrogen) atoms. The van der Waals surface area contributed by atoms with Crippen LogP contribution < -0.4 is 0 Å². The van der Waals surface area contributed by atoms with Gasteiger partial charge in [-0.05, 0) is 0 Å². The quantitative estimate of drug-likeness (QED) is 0.655. The molecule has 0 fully saturated rings. The van der Waals surface area contributed by atoms with Crippen LogP contribution in [-0.4, -0.2) is 6.29 Å². The van der Waals surface area contributed by atoms with Gasteiger partial charge >= 0.3 is 0 Å². The highest BCUT2D eigenvalue weighted by molar-refractivity contribution is 7.21. The molecule has 0 saturated carbocycles. The standard InChI is InChI=1S/C5HCl3OS/c6-3-2(1-9)4(7)10-5(3)8/h1H. The first kappa shape index (κ1) is 8.34. The van der Waals surface area contributed by atoms with E-state index in [9.17, 15) is 4.79 Å². The number of hydrogen-bond donors (Lipinski definition) is 0. The van der Waals surface area contributed by atoms with Crippen LogP contribution in [0.15, 0.2) is 0 Å². The minimum absolute atomic E-state index is 0.242. The van der Waals surface area contributed by atoms with Crippen molar-refractivity contribution in [3.05, 3.63) is 19.3 Å². The Morgan fingerprint density at radius 1 is 1.20 bits per heavy atom. The lowest BCUT2D eigenvalue weighted by molar-refractivity contribution is 0.112. The van der Waals surface area contributed by atoms with Gasteiger partial charge < -0.3 is 0 Å². The maximum absolute atomic E-state index is 10.2. The van der Waals surface area contributed by atoms with Crippen LogP contribution >= 0.6 is 46.1 Å². The fourth-order valence-electron chi connectivity index (χ4n) is 0.469. The molecule has 0 bridgehead atoms. The third-order valence-electron chi connectivity index (χ3n) is 0.918. The van der Waals surface area contributed by atoms with E-state index < -0.39 is 0 Å². The van der Waals surface area contributed by atoms with Crippen LogP contribution in [0, 0.1) is 0 Å². The summed E-state index contributed by atoms with van der Waals surface area (Å²) in [6.45, 7) is 0. The van der Waals surface area contributed by atoms with Crippen molar-refractivity contribution in [2.24, 2.45) is 0 Å². The summed E-state index contributed by atoms with van der Waals surface area (Å²) >= 11 is 17.8. The normalized spacial score (nSPS) is 9.90. The Morgan fingerprint density at radius 3 is 2.00 bits per heavy atom. The van der Waals surface area contributed by atoms with Crippen molar-refractivity contribution in [3.8, 4) is 0 Å². The van der Waals surface area contributed by atoms with E-state index in [2.05, 4.69) is 0 Å². The maximum atomic E-state index is 10.2. The maximum Gasteiger partial charge on any atom is 0.153 e. The molecule has 0 aliphatic heterocycles. The van der Waals surface area contributed by atoms with Crippen molar-refractivity contribution in [1.29, 1.82) is 0 Å². The average molecular weight is 215 g/mol. The Morgan fingerprint density at radius 2 is 1.80 bits per heavy atom. The summed E-state index contributed by atoms with van der Waals surface area (Å²) < 4.78 is 0.693. The van der Waals surface area contributed by atoms with E-state index in [0.29, 0.717) is 15.0 Å². The van der Waals surface area contributed by atoms with Gasteiger partial charge in [0.25, 0.3) is 0 Å². The summed E-state index contributed by atoms with van der Waals surface area (Å²) in [6.07, 6.45) is 0.590. The van der Waals surface area contributed by atoms with E-state index in [1.54, 1.807) is 0 Å². The molecular formula is C5HCl3OS. The Labute approximate surface area is 76.5 Å². The van der Waals surface area contributed by atoms with E-state index >= 15 is 0 Å². The molecule has 1 rings (SSSR count). The van der Waals surface area contributed by atoms with Crippen LogP contribution in [0.2, 0.25) is 13.7 Å². The average Bonchev–Trinajstić information content (AvgIpc) is 2.09. The summed E-state index contributed by atoms with van der Waals surface area (Å²) in [7, 11) is 0. The van der Waals surface area contributed by atoms with E-state index in [4.69, 9.17) is 34.8 Å². The first-order chi connectivity index (χ1) is 4.66. The molecule has 0 radical (unpaired) electrons.